The highest BCUT2D eigenvalue weighted by Crippen LogP contribution is 2.56. The molecule has 2 heterocycles. The van der Waals surface area contributed by atoms with Gasteiger partial charge >= 0.3 is 0 Å². The van der Waals surface area contributed by atoms with Crippen LogP contribution in [-0.4, -0.2) is 9.97 Å². The zero-order valence-electron chi connectivity index (χ0n) is 19.9. The van der Waals surface area contributed by atoms with Gasteiger partial charge in [0, 0.05) is 21.4 Å². The second-order valence-electron chi connectivity index (χ2n) is 11.0. The van der Waals surface area contributed by atoms with E-state index >= 15 is 0 Å². The Morgan fingerprint density at radius 2 is 1.67 bits per heavy atom. The number of hydrogen-bond donors (Lipinski definition) is 0. The highest BCUT2D eigenvalue weighted by atomic mass is 32.1. The topological polar surface area (TPSA) is 25.8 Å². The van der Waals surface area contributed by atoms with E-state index in [9.17, 15) is 0 Å². The molecule has 0 amide bonds. The van der Waals surface area contributed by atoms with Crippen molar-refractivity contribution in [2.45, 2.75) is 46.5 Å². The summed E-state index contributed by atoms with van der Waals surface area (Å²) in [6.07, 6.45) is 2.81. The fraction of sp³-hybridized carbons (Fsp3) is 0.267. The lowest BCUT2D eigenvalue weighted by molar-refractivity contribution is 0.411. The van der Waals surface area contributed by atoms with E-state index in [4.69, 9.17) is 9.97 Å². The largest absolute Gasteiger partial charge is 0.235 e. The number of benzene rings is 3. The summed E-state index contributed by atoms with van der Waals surface area (Å²) in [5.74, 6) is 0. The molecule has 164 valence electrons. The number of fused-ring (bicyclic) bond motifs is 6. The van der Waals surface area contributed by atoms with Gasteiger partial charge in [-0.2, -0.15) is 0 Å². The quantitative estimate of drug-likeness (QED) is 0.271. The fourth-order valence-electron chi connectivity index (χ4n) is 5.40. The van der Waals surface area contributed by atoms with Crippen LogP contribution in [0.2, 0.25) is 0 Å². The monoisotopic (exact) mass is 448 g/mol. The number of rotatable bonds is 2. The van der Waals surface area contributed by atoms with Crippen LogP contribution < -0.4 is 0 Å². The van der Waals surface area contributed by atoms with Gasteiger partial charge in [-0.25, -0.2) is 9.97 Å². The lowest BCUT2D eigenvalue weighted by atomic mass is 9.81. The normalized spacial score (nSPS) is 14.6. The summed E-state index contributed by atoms with van der Waals surface area (Å²) in [7, 11) is 0. The maximum absolute atomic E-state index is 4.82. The van der Waals surface area contributed by atoms with E-state index in [2.05, 4.69) is 95.3 Å². The molecule has 2 aromatic heterocycles. The van der Waals surface area contributed by atoms with Crippen LogP contribution >= 0.6 is 11.3 Å². The van der Waals surface area contributed by atoms with Crippen molar-refractivity contribution in [1.29, 1.82) is 0 Å². The number of thiophene rings is 1. The molecule has 5 aromatic rings. The van der Waals surface area contributed by atoms with Crippen LogP contribution in [0.1, 0.15) is 51.3 Å². The molecule has 0 aliphatic heterocycles. The average Bonchev–Trinajstić information content (AvgIpc) is 3.26. The molecule has 0 bridgehead atoms. The summed E-state index contributed by atoms with van der Waals surface area (Å²) in [6, 6.07) is 22.2. The highest BCUT2D eigenvalue weighted by molar-refractivity contribution is 7.23. The second kappa shape index (κ2) is 6.98. The smallest absolute Gasteiger partial charge is 0.116 e. The van der Waals surface area contributed by atoms with Gasteiger partial charge in [0.2, 0.25) is 0 Å². The third kappa shape index (κ3) is 3.21. The number of aromatic nitrogens is 2. The Labute approximate surface area is 199 Å². The molecule has 0 N–H and O–H groups in total. The first-order chi connectivity index (χ1) is 15.7. The Hall–Kier alpha value is -3.04. The summed E-state index contributed by atoms with van der Waals surface area (Å²) < 4.78 is 1.19. The summed E-state index contributed by atoms with van der Waals surface area (Å²) in [5.41, 5.74) is 9.04. The third-order valence-electron chi connectivity index (χ3n) is 6.86. The molecular formula is C30H28N2S. The zero-order valence-corrected chi connectivity index (χ0v) is 20.7. The molecule has 6 rings (SSSR count). The van der Waals surface area contributed by atoms with Gasteiger partial charge < -0.3 is 0 Å². The van der Waals surface area contributed by atoms with Crippen LogP contribution in [-0.2, 0) is 11.8 Å². The van der Waals surface area contributed by atoms with Gasteiger partial charge in [-0.15, -0.1) is 11.3 Å². The van der Waals surface area contributed by atoms with Gasteiger partial charge in [0.1, 0.15) is 6.33 Å². The van der Waals surface area contributed by atoms with Crippen LogP contribution in [0.5, 0.6) is 0 Å². The fourth-order valence-corrected chi connectivity index (χ4v) is 6.86. The molecule has 3 heteroatoms. The molecule has 0 saturated heterocycles. The van der Waals surface area contributed by atoms with Crippen LogP contribution in [0, 0.1) is 5.41 Å². The van der Waals surface area contributed by atoms with Crippen molar-refractivity contribution in [3.63, 3.8) is 0 Å². The molecule has 2 nitrogen and oxygen atoms in total. The van der Waals surface area contributed by atoms with Crippen LogP contribution in [0.15, 0.2) is 67.0 Å². The Kier molecular flexibility index (Phi) is 4.35. The first-order valence-electron chi connectivity index (χ1n) is 11.6. The van der Waals surface area contributed by atoms with Crippen molar-refractivity contribution in [2.75, 3.05) is 0 Å². The van der Waals surface area contributed by atoms with E-state index in [-0.39, 0.29) is 10.8 Å². The van der Waals surface area contributed by atoms with E-state index in [0.717, 1.165) is 23.2 Å². The van der Waals surface area contributed by atoms with Crippen molar-refractivity contribution in [1.82, 2.24) is 9.97 Å². The minimum atomic E-state index is -0.0712. The number of nitrogens with zero attached hydrogens (tertiary/aromatic N) is 2. The van der Waals surface area contributed by atoms with E-state index < -0.39 is 0 Å². The predicted molar refractivity (Wildman–Crippen MR) is 141 cm³/mol. The van der Waals surface area contributed by atoms with Crippen molar-refractivity contribution in [2.24, 2.45) is 5.41 Å². The average molecular weight is 449 g/mol. The van der Waals surface area contributed by atoms with Crippen LogP contribution in [0.25, 0.3) is 42.7 Å². The van der Waals surface area contributed by atoms with Crippen molar-refractivity contribution < 1.29 is 0 Å². The maximum Gasteiger partial charge on any atom is 0.116 e. The molecule has 1 aliphatic rings. The maximum atomic E-state index is 4.82. The molecular weight excluding hydrogens is 420 g/mol. The SMILES string of the molecule is CC(C)(C)Cc1ccc2c(c1)-c1sc3c(-c4ccc5ccccc5c4)ncnc3c1C2(C)C. The molecule has 0 spiro atoms. The van der Waals surface area contributed by atoms with Gasteiger partial charge in [0.25, 0.3) is 0 Å². The van der Waals surface area contributed by atoms with Crippen molar-refractivity contribution in [3.05, 3.63) is 83.7 Å². The summed E-state index contributed by atoms with van der Waals surface area (Å²) in [6.45, 7) is 11.6. The molecule has 0 unspecified atom stereocenters. The first-order valence-corrected chi connectivity index (χ1v) is 12.4. The Bertz CT molecular complexity index is 1550. The Morgan fingerprint density at radius 3 is 2.45 bits per heavy atom. The zero-order chi connectivity index (χ0) is 23.0. The van der Waals surface area contributed by atoms with Gasteiger partial charge in [-0.1, -0.05) is 83.1 Å². The lowest BCUT2D eigenvalue weighted by Crippen LogP contribution is -2.15. The van der Waals surface area contributed by atoms with Crippen LogP contribution in [0.4, 0.5) is 0 Å². The highest BCUT2D eigenvalue weighted by Gasteiger charge is 2.40. The minimum Gasteiger partial charge on any atom is -0.235 e. The van der Waals surface area contributed by atoms with Gasteiger partial charge in [0.15, 0.2) is 0 Å². The molecule has 0 radical (unpaired) electrons. The van der Waals surface area contributed by atoms with Crippen molar-refractivity contribution >= 4 is 32.3 Å². The third-order valence-corrected chi connectivity index (χ3v) is 8.08. The molecule has 0 fully saturated rings. The molecule has 1 aliphatic carbocycles. The summed E-state index contributed by atoms with van der Waals surface area (Å²) >= 11 is 1.86. The van der Waals surface area contributed by atoms with Gasteiger partial charge in [0.05, 0.1) is 15.9 Å². The molecule has 33 heavy (non-hydrogen) atoms. The van der Waals surface area contributed by atoms with Crippen molar-refractivity contribution in [3.8, 4) is 21.7 Å². The molecule has 0 atom stereocenters. The lowest BCUT2D eigenvalue weighted by Gasteiger charge is -2.22. The van der Waals surface area contributed by atoms with Crippen LogP contribution in [0.3, 0.4) is 0 Å². The van der Waals surface area contributed by atoms with Gasteiger partial charge in [-0.05, 0) is 51.4 Å². The summed E-state index contributed by atoms with van der Waals surface area (Å²) in [4.78, 5) is 11.0. The Balaban J connectivity index is 1.57. The molecule has 3 aromatic carbocycles. The standard InChI is InChI=1S/C30H28N2S/c1-29(2,3)16-18-10-13-23-22(14-18)27-24(30(23,4)5)26-28(33-27)25(31-17-32-26)21-12-11-19-8-6-7-9-20(19)15-21/h6-15,17H,16H2,1-5H3. The first kappa shape index (κ1) is 20.6. The van der Waals surface area contributed by atoms with E-state index in [0.29, 0.717) is 0 Å². The summed E-state index contributed by atoms with van der Waals surface area (Å²) in [5, 5.41) is 2.49. The minimum absolute atomic E-state index is 0.0712. The predicted octanol–water partition coefficient (Wildman–Crippen LogP) is 8.41. The van der Waals surface area contributed by atoms with Gasteiger partial charge in [-0.3, -0.25) is 0 Å². The van der Waals surface area contributed by atoms with E-state index in [1.807, 2.05) is 11.3 Å². The van der Waals surface area contributed by atoms with E-state index in [1.165, 1.54) is 42.6 Å². The molecule has 0 saturated carbocycles. The Morgan fingerprint density at radius 1 is 0.879 bits per heavy atom. The number of hydrogen-bond acceptors (Lipinski definition) is 3. The van der Waals surface area contributed by atoms with E-state index in [1.54, 1.807) is 6.33 Å². The second-order valence-corrected chi connectivity index (χ2v) is 12.0.